The molecule has 0 aliphatic carbocycles. The largest absolute Gasteiger partial charge is 0.344 e. The Morgan fingerprint density at radius 2 is 1.27 bits per heavy atom. The SMILES string of the molecule is C=C/C(C#N)=C\C(=N)c1cccc(-c2ccc(-c3ccc(-c4ccccc4)cc3N(C)c3ccccc3)cc2)c1. The van der Waals surface area contributed by atoms with Gasteiger partial charge in [0.15, 0.2) is 0 Å². The molecule has 5 rings (SSSR count). The van der Waals surface area contributed by atoms with Crippen molar-refractivity contribution in [3.63, 3.8) is 0 Å². The third-order valence-electron chi connectivity index (χ3n) is 6.96. The number of benzene rings is 5. The zero-order valence-corrected chi connectivity index (χ0v) is 22.4. The predicted octanol–water partition coefficient (Wildman–Crippen LogP) is 9.46. The Labute approximate surface area is 236 Å². The molecule has 3 heteroatoms. The highest BCUT2D eigenvalue weighted by Gasteiger charge is 2.14. The van der Waals surface area contributed by atoms with Crippen LogP contribution in [0, 0.1) is 16.7 Å². The summed E-state index contributed by atoms with van der Waals surface area (Å²) in [5, 5.41) is 17.6. The Hall–Kier alpha value is -5.46. The van der Waals surface area contributed by atoms with Gasteiger partial charge in [-0.2, -0.15) is 5.26 Å². The first-order chi connectivity index (χ1) is 19.6. The van der Waals surface area contributed by atoms with E-state index in [0.717, 1.165) is 39.2 Å². The molecule has 0 aliphatic rings. The molecule has 0 amide bonds. The molecule has 0 aromatic heterocycles. The maximum absolute atomic E-state index is 9.18. The first-order valence-corrected chi connectivity index (χ1v) is 13.1. The van der Waals surface area contributed by atoms with Crippen molar-refractivity contribution in [2.75, 3.05) is 11.9 Å². The molecule has 40 heavy (non-hydrogen) atoms. The van der Waals surface area contributed by atoms with E-state index in [9.17, 15) is 5.26 Å². The molecule has 5 aromatic rings. The van der Waals surface area contributed by atoms with Crippen LogP contribution in [0.2, 0.25) is 0 Å². The van der Waals surface area contributed by atoms with Crippen LogP contribution in [0.1, 0.15) is 5.56 Å². The maximum Gasteiger partial charge on any atom is 0.0992 e. The minimum absolute atomic E-state index is 0.280. The first-order valence-electron chi connectivity index (χ1n) is 13.1. The fourth-order valence-corrected chi connectivity index (χ4v) is 4.74. The third-order valence-corrected chi connectivity index (χ3v) is 6.96. The normalized spacial score (nSPS) is 10.9. The number of nitrogens with zero attached hydrogens (tertiary/aromatic N) is 2. The number of nitrogens with one attached hydrogen (secondary N) is 1. The molecule has 0 fully saturated rings. The summed E-state index contributed by atoms with van der Waals surface area (Å²) in [4.78, 5) is 2.23. The van der Waals surface area contributed by atoms with Crippen molar-refractivity contribution >= 4 is 17.1 Å². The van der Waals surface area contributed by atoms with E-state index in [4.69, 9.17) is 5.41 Å². The van der Waals surface area contributed by atoms with Crippen molar-refractivity contribution in [2.24, 2.45) is 0 Å². The van der Waals surface area contributed by atoms with Crippen LogP contribution in [0.15, 0.2) is 152 Å². The van der Waals surface area contributed by atoms with Crippen molar-refractivity contribution < 1.29 is 0 Å². The minimum Gasteiger partial charge on any atom is -0.344 e. The van der Waals surface area contributed by atoms with Gasteiger partial charge in [-0.1, -0.05) is 116 Å². The van der Waals surface area contributed by atoms with Crippen LogP contribution in [0.4, 0.5) is 11.4 Å². The Bertz CT molecular complexity index is 1720. The highest BCUT2D eigenvalue weighted by atomic mass is 15.1. The van der Waals surface area contributed by atoms with Crippen molar-refractivity contribution in [3.8, 4) is 39.4 Å². The summed E-state index contributed by atoms with van der Waals surface area (Å²) >= 11 is 0. The maximum atomic E-state index is 9.18. The van der Waals surface area contributed by atoms with E-state index in [-0.39, 0.29) is 5.71 Å². The van der Waals surface area contributed by atoms with Gasteiger partial charge in [0.2, 0.25) is 0 Å². The number of anilines is 2. The lowest BCUT2D eigenvalue weighted by molar-refractivity contribution is 1.21. The van der Waals surface area contributed by atoms with Crippen molar-refractivity contribution in [2.45, 2.75) is 0 Å². The van der Waals surface area contributed by atoms with Gasteiger partial charge in [-0.15, -0.1) is 0 Å². The van der Waals surface area contributed by atoms with Crippen molar-refractivity contribution in [3.05, 3.63) is 157 Å². The van der Waals surface area contributed by atoms with Gasteiger partial charge in [0.1, 0.15) is 0 Å². The van der Waals surface area contributed by atoms with Crippen molar-refractivity contribution in [1.82, 2.24) is 0 Å². The molecule has 0 saturated carbocycles. The van der Waals surface area contributed by atoms with Crippen molar-refractivity contribution in [1.29, 1.82) is 10.7 Å². The molecule has 0 aliphatic heterocycles. The summed E-state index contributed by atoms with van der Waals surface area (Å²) < 4.78 is 0. The van der Waals surface area contributed by atoms with Crippen LogP contribution in [0.25, 0.3) is 33.4 Å². The fraction of sp³-hybridized carbons (Fsp3) is 0.0270. The standard InChI is InChI=1S/C37H29N3/c1-3-27(26-38)23-36(39)33-14-10-13-31(24-33)29-17-19-30(20-18-29)35-22-21-32(28-11-6-4-7-12-28)25-37(35)40(2)34-15-8-5-9-16-34/h3-25,39H,1H2,2H3/b27-23+,39-36?. The van der Waals surface area contributed by atoms with Crippen LogP contribution in [-0.4, -0.2) is 12.8 Å². The highest BCUT2D eigenvalue weighted by molar-refractivity contribution is 6.08. The van der Waals surface area contributed by atoms with Gasteiger partial charge >= 0.3 is 0 Å². The number of hydrogen-bond donors (Lipinski definition) is 1. The lowest BCUT2D eigenvalue weighted by atomic mass is 9.95. The van der Waals surface area contributed by atoms with E-state index < -0.39 is 0 Å². The van der Waals surface area contributed by atoms with Crippen LogP contribution in [-0.2, 0) is 0 Å². The summed E-state index contributed by atoms with van der Waals surface area (Å²) in [6.45, 7) is 3.64. The van der Waals surface area contributed by atoms with E-state index in [1.54, 1.807) is 6.08 Å². The molecule has 0 atom stereocenters. The highest BCUT2D eigenvalue weighted by Crippen LogP contribution is 2.38. The molecule has 0 bridgehead atoms. The van der Waals surface area contributed by atoms with E-state index in [1.807, 2.05) is 36.4 Å². The third kappa shape index (κ3) is 5.67. The molecule has 3 nitrogen and oxygen atoms in total. The minimum atomic E-state index is 0.280. The van der Waals surface area contributed by atoms with Crippen LogP contribution in [0.5, 0.6) is 0 Å². The van der Waals surface area contributed by atoms with Gasteiger partial charge < -0.3 is 10.3 Å². The predicted molar refractivity (Wildman–Crippen MR) is 168 cm³/mol. The molecular formula is C37H29N3. The molecule has 192 valence electrons. The quantitative estimate of drug-likeness (QED) is 0.127. The molecule has 5 aromatic carbocycles. The molecule has 0 saturated heterocycles. The number of nitriles is 1. The molecule has 0 heterocycles. The van der Waals surface area contributed by atoms with E-state index in [1.165, 1.54) is 17.2 Å². The zero-order chi connectivity index (χ0) is 27.9. The zero-order valence-electron chi connectivity index (χ0n) is 22.4. The van der Waals surface area contributed by atoms with Gasteiger partial charge in [-0.25, -0.2) is 0 Å². The topological polar surface area (TPSA) is 50.9 Å². The van der Waals surface area contributed by atoms with Crippen LogP contribution in [0.3, 0.4) is 0 Å². The molecule has 1 N–H and O–H groups in total. The van der Waals surface area contributed by atoms with E-state index >= 15 is 0 Å². The van der Waals surface area contributed by atoms with Gasteiger partial charge in [0.05, 0.1) is 17.4 Å². The smallest absolute Gasteiger partial charge is 0.0992 e. The Morgan fingerprint density at radius 3 is 1.95 bits per heavy atom. The van der Waals surface area contributed by atoms with Gasteiger partial charge in [0, 0.05) is 29.5 Å². The second kappa shape index (κ2) is 11.9. The van der Waals surface area contributed by atoms with Gasteiger partial charge in [-0.05, 0) is 58.2 Å². The summed E-state index contributed by atoms with van der Waals surface area (Å²) in [5.41, 5.74) is 10.3. The van der Waals surface area contributed by atoms with E-state index in [2.05, 4.69) is 116 Å². The fourth-order valence-electron chi connectivity index (χ4n) is 4.74. The monoisotopic (exact) mass is 515 g/mol. The first kappa shape index (κ1) is 26.2. The Balaban J connectivity index is 1.51. The number of para-hydroxylation sites is 1. The lowest BCUT2D eigenvalue weighted by Crippen LogP contribution is -2.10. The van der Waals surface area contributed by atoms with Gasteiger partial charge in [0.25, 0.3) is 0 Å². The second-order valence-corrected chi connectivity index (χ2v) is 9.48. The van der Waals surface area contributed by atoms with Gasteiger partial charge in [-0.3, -0.25) is 0 Å². The number of hydrogen-bond acceptors (Lipinski definition) is 3. The molecule has 0 radical (unpaired) electrons. The lowest BCUT2D eigenvalue weighted by Gasteiger charge is -2.24. The average Bonchev–Trinajstić information content (AvgIpc) is 3.04. The number of rotatable bonds is 8. The average molecular weight is 516 g/mol. The number of allylic oxidation sites excluding steroid dienone is 3. The molecule has 0 unspecified atom stereocenters. The second-order valence-electron chi connectivity index (χ2n) is 9.48. The van der Waals surface area contributed by atoms with Crippen LogP contribution >= 0.6 is 0 Å². The summed E-state index contributed by atoms with van der Waals surface area (Å²) in [6.07, 6.45) is 3.01. The summed E-state index contributed by atoms with van der Waals surface area (Å²) in [6, 6.07) is 45.9. The molecule has 0 spiro atoms. The Morgan fingerprint density at radius 1 is 0.700 bits per heavy atom. The van der Waals surface area contributed by atoms with Crippen LogP contribution < -0.4 is 4.90 Å². The Kier molecular flexibility index (Phi) is 7.81. The van der Waals surface area contributed by atoms with E-state index in [0.29, 0.717) is 5.57 Å². The molecular weight excluding hydrogens is 486 g/mol. The summed E-state index contributed by atoms with van der Waals surface area (Å²) in [7, 11) is 2.11. The summed E-state index contributed by atoms with van der Waals surface area (Å²) in [5.74, 6) is 0.